The molecular weight excluding hydrogens is 521 g/mol. The molecule has 0 aliphatic carbocycles. The lowest BCUT2D eigenvalue weighted by Crippen LogP contribution is -2.33. The molecule has 0 aliphatic heterocycles. The van der Waals surface area contributed by atoms with Gasteiger partial charge in [0.15, 0.2) is 5.11 Å². The van der Waals surface area contributed by atoms with Gasteiger partial charge in [0.25, 0.3) is 11.8 Å². The van der Waals surface area contributed by atoms with Crippen LogP contribution in [0, 0.1) is 0 Å². The van der Waals surface area contributed by atoms with Crippen LogP contribution in [0.15, 0.2) is 66.7 Å². The molecule has 3 N–H and O–H groups in total. The smallest absolute Gasteiger partial charge is 0.269 e. The number of carbonyl (C=O) groups is 2. The van der Waals surface area contributed by atoms with Crippen molar-refractivity contribution in [2.75, 3.05) is 10.6 Å². The molecule has 33 heavy (non-hydrogen) atoms. The Balaban J connectivity index is 1.43. The predicted octanol–water partition coefficient (Wildman–Crippen LogP) is 7.24. The highest BCUT2D eigenvalue weighted by atomic mass is 35.5. The highest BCUT2D eigenvalue weighted by Crippen LogP contribution is 2.36. The maximum Gasteiger partial charge on any atom is 0.269 e. The summed E-state index contributed by atoms with van der Waals surface area (Å²) >= 11 is 25.0. The lowest BCUT2D eigenvalue weighted by atomic mass is 10.2. The third-order valence-electron chi connectivity index (χ3n) is 4.52. The van der Waals surface area contributed by atoms with Gasteiger partial charge in [-0.25, -0.2) is 0 Å². The molecule has 0 spiro atoms. The number of hydrogen-bond donors (Lipinski definition) is 3. The molecule has 0 atom stereocenters. The van der Waals surface area contributed by atoms with E-state index in [0.717, 1.165) is 10.1 Å². The van der Waals surface area contributed by atoms with Crippen molar-refractivity contribution in [3.05, 3.63) is 92.2 Å². The summed E-state index contributed by atoms with van der Waals surface area (Å²) in [5, 5.41) is 10.4. The number of thiocarbonyl (C=S) groups is 1. The number of amides is 2. The fourth-order valence-corrected chi connectivity index (χ4v) is 5.15. The molecule has 0 unspecified atom stereocenters. The average molecular weight is 535 g/mol. The van der Waals surface area contributed by atoms with Gasteiger partial charge in [-0.1, -0.05) is 59.1 Å². The molecule has 0 radical (unpaired) electrons. The molecule has 4 rings (SSSR count). The Morgan fingerprint density at radius 2 is 1.55 bits per heavy atom. The highest BCUT2D eigenvalue weighted by molar-refractivity contribution is 7.80. The minimum atomic E-state index is -0.432. The monoisotopic (exact) mass is 533 g/mol. The van der Waals surface area contributed by atoms with Crippen molar-refractivity contribution in [1.29, 1.82) is 0 Å². The van der Waals surface area contributed by atoms with Crippen LogP contribution in [0.5, 0.6) is 0 Å². The van der Waals surface area contributed by atoms with Gasteiger partial charge in [-0.3, -0.25) is 14.9 Å². The van der Waals surface area contributed by atoms with Gasteiger partial charge in [0.05, 0.1) is 15.6 Å². The first-order chi connectivity index (χ1) is 15.8. The summed E-state index contributed by atoms with van der Waals surface area (Å²) in [6.45, 7) is 0. The van der Waals surface area contributed by atoms with Crippen molar-refractivity contribution in [2.45, 2.75) is 0 Å². The minimum Gasteiger partial charge on any atom is -0.332 e. The molecule has 1 aromatic heterocycles. The molecule has 0 saturated heterocycles. The van der Waals surface area contributed by atoms with E-state index in [0.29, 0.717) is 36.9 Å². The number of hydrogen-bond acceptors (Lipinski definition) is 4. The van der Waals surface area contributed by atoms with E-state index in [4.69, 9.17) is 47.0 Å². The quantitative estimate of drug-likeness (QED) is 0.241. The van der Waals surface area contributed by atoms with E-state index in [1.54, 1.807) is 66.7 Å². The third kappa shape index (κ3) is 5.46. The van der Waals surface area contributed by atoms with Crippen LogP contribution in [0.4, 0.5) is 11.4 Å². The van der Waals surface area contributed by atoms with Crippen LogP contribution in [-0.2, 0) is 0 Å². The second kappa shape index (κ2) is 10.1. The molecule has 0 fully saturated rings. The van der Waals surface area contributed by atoms with Crippen molar-refractivity contribution in [3.8, 4) is 0 Å². The van der Waals surface area contributed by atoms with Crippen LogP contribution in [0.2, 0.25) is 15.1 Å². The van der Waals surface area contributed by atoms with Crippen molar-refractivity contribution in [1.82, 2.24) is 5.32 Å². The van der Waals surface area contributed by atoms with E-state index in [1.165, 1.54) is 11.3 Å². The van der Waals surface area contributed by atoms with Crippen LogP contribution < -0.4 is 16.0 Å². The lowest BCUT2D eigenvalue weighted by molar-refractivity contribution is 0.0980. The van der Waals surface area contributed by atoms with Crippen LogP contribution in [0.25, 0.3) is 10.1 Å². The Kier molecular flexibility index (Phi) is 7.17. The standard InChI is InChI=1S/C23H14Cl3N3O2S2/c24-12-8-9-16-18(10-12)33-20(19(16)26)22(31)29-23(32)28-14-5-3-4-13(11-14)27-21(30)15-6-1-2-7-17(15)25/h1-11H,(H,27,30)(H2,28,29,31,32). The van der Waals surface area contributed by atoms with Gasteiger partial charge in [0.1, 0.15) is 4.88 Å². The summed E-state index contributed by atoms with van der Waals surface area (Å²) in [7, 11) is 0. The molecule has 3 aromatic carbocycles. The number of anilines is 2. The van der Waals surface area contributed by atoms with Crippen molar-refractivity contribution >= 4 is 96.7 Å². The molecule has 1 heterocycles. The SMILES string of the molecule is O=C(Nc1cccc(NC(=S)NC(=O)c2sc3cc(Cl)ccc3c2Cl)c1)c1ccccc1Cl. The molecule has 166 valence electrons. The largest absolute Gasteiger partial charge is 0.332 e. The van der Waals surface area contributed by atoms with E-state index in [2.05, 4.69) is 16.0 Å². The van der Waals surface area contributed by atoms with Gasteiger partial charge in [0.2, 0.25) is 0 Å². The fraction of sp³-hybridized carbons (Fsp3) is 0. The molecule has 0 aliphatic rings. The second-order valence-electron chi connectivity index (χ2n) is 6.81. The predicted molar refractivity (Wildman–Crippen MR) is 141 cm³/mol. The average Bonchev–Trinajstić information content (AvgIpc) is 3.09. The zero-order valence-corrected chi connectivity index (χ0v) is 20.5. The number of rotatable bonds is 4. The molecule has 2 amide bonds. The van der Waals surface area contributed by atoms with Crippen LogP contribution >= 0.6 is 58.4 Å². The molecule has 0 bridgehead atoms. The molecule has 4 aromatic rings. The van der Waals surface area contributed by atoms with Crippen molar-refractivity contribution < 1.29 is 9.59 Å². The summed E-state index contributed by atoms with van der Waals surface area (Å²) in [5.41, 5.74) is 1.47. The summed E-state index contributed by atoms with van der Waals surface area (Å²) < 4.78 is 0.804. The van der Waals surface area contributed by atoms with Gasteiger partial charge < -0.3 is 10.6 Å². The van der Waals surface area contributed by atoms with Gasteiger partial charge in [0, 0.05) is 26.5 Å². The number of carbonyl (C=O) groups excluding carboxylic acids is 2. The molecule has 0 saturated carbocycles. The summed E-state index contributed by atoms with van der Waals surface area (Å²) in [4.78, 5) is 25.5. The fourth-order valence-electron chi connectivity index (χ4n) is 3.03. The Labute approximate surface area is 213 Å². The van der Waals surface area contributed by atoms with Crippen LogP contribution in [-0.4, -0.2) is 16.9 Å². The Bertz CT molecular complexity index is 1400. The van der Waals surface area contributed by atoms with Crippen molar-refractivity contribution in [3.63, 3.8) is 0 Å². The first kappa shape index (κ1) is 23.5. The van der Waals surface area contributed by atoms with Gasteiger partial charge in [-0.05, 0) is 54.7 Å². The first-order valence-electron chi connectivity index (χ1n) is 9.47. The first-order valence-corrected chi connectivity index (χ1v) is 11.8. The van der Waals surface area contributed by atoms with E-state index < -0.39 is 5.91 Å². The normalized spacial score (nSPS) is 10.6. The van der Waals surface area contributed by atoms with E-state index in [-0.39, 0.29) is 11.0 Å². The summed E-state index contributed by atoms with van der Waals surface area (Å²) in [5.74, 6) is -0.772. The van der Waals surface area contributed by atoms with Gasteiger partial charge in [-0.2, -0.15) is 0 Å². The third-order valence-corrected chi connectivity index (χ3v) is 6.95. The van der Waals surface area contributed by atoms with E-state index in [9.17, 15) is 9.59 Å². The molecule has 5 nitrogen and oxygen atoms in total. The number of halogens is 3. The van der Waals surface area contributed by atoms with Crippen LogP contribution in [0.1, 0.15) is 20.0 Å². The Hall–Kier alpha value is -2.68. The number of fused-ring (bicyclic) bond motifs is 1. The summed E-state index contributed by atoms with van der Waals surface area (Å²) in [6.07, 6.45) is 0. The van der Waals surface area contributed by atoms with Crippen LogP contribution in [0.3, 0.4) is 0 Å². The topological polar surface area (TPSA) is 70.2 Å². The maximum atomic E-state index is 12.7. The number of thiophene rings is 1. The molecular formula is C23H14Cl3N3O2S2. The van der Waals surface area contributed by atoms with Gasteiger partial charge in [-0.15, -0.1) is 11.3 Å². The number of benzene rings is 3. The van der Waals surface area contributed by atoms with E-state index >= 15 is 0 Å². The number of nitrogens with one attached hydrogen (secondary N) is 3. The zero-order chi connectivity index (χ0) is 23.5. The second-order valence-corrected chi connectivity index (χ2v) is 9.49. The summed E-state index contributed by atoms with van der Waals surface area (Å²) in [6, 6.07) is 18.9. The maximum absolute atomic E-state index is 12.7. The van der Waals surface area contributed by atoms with E-state index in [1.807, 2.05) is 0 Å². The Morgan fingerprint density at radius 3 is 2.30 bits per heavy atom. The van der Waals surface area contributed by atoms with Gasteiger partial charge >= 0.3 is 0 Å². The molecule has 10 heteroatoms. The minimum absolute atomic E-state index is 0.0844. The van der Waals surface area contributed by atoms with Crippen molar-refractivity contribution in [2.24, 2.45) is 0 Å². The highest BCUT2D eigenvalue weighted by Gasteiger charge is 2.18. The Morgan fingerprint density at radius 1 is 0.818 bits per heavy atom. The zero-order valence-electron chi connectivity index (χ0n) is 16.6. The lowest BCUT2D eigenvalue weighted by Gasteiger charge is -2.11.